The number of hydrogen-bond acceptors (Lipinski definition) is 3. The van der Waals surface area contributed by atoms with Gasteiger partial charge in [-0.25, -0.2) is 4.99 Å². The van der Waals surface area contributed by atoms with Crippen LogP contribution in [0.15, 0.2) is 58.4 Å². The Bertz CT molecular complexity index is 1210. The SMILES string of the molecule is Cc1ccc(N=C2NC(=O)/C(=C/c3cc(C)n(-c4ccc(I)c(C)c4)c3C)S2)cc1. The van der Waals surface area contributed by atoms with Crippen molar-refractivity contribution in [2.24, 2.45) is 4.99 Å². The van der Waals surface area contributed by atoms with Gasteiger partial charge < -0.3 is 9.88 Å². The molecular weight excluding hydrogens is 505 g/mol. The molecule has 0 spiro atoms. The summed E-state index contributed by atoms with van der Waals surface area (Å²) in [6, 6.07) is 16.5. The van der Waals surface area contributed by atoms with E-state index in [1.807, 2.05) is 37.3 Å². The van der Waals surface area contributed by atoms with Crippen molar-refractivity contribution in [1.82, 2.24) is 9.88 Å². The Morgan fingerprint density at radius 3 is 2.47 bits per heavy atom. The Labute approximate surface area is 194 Å². The van der Waals surface area contributed by atoms with Crippen molar-refractivity contribution in [3.63, 3.8) is 0 Å². The molecule has 1 amide bonds. The molecule has 2 heterocycles. The van der Waals surface area contributed by atoms with E-state index in [0.717, 1.165) is 28.3 Å². The molecule has 4 nitrogen and oxygen atoms in total. The first kappa shape index (κ1) is 20.9. The summed E-state index contributed by atoms with van der Waals surface area (Å²) in [6.07, 6.45) is 1.95. The minimum Gasteiger partial charge on any atom is -0.318 e. The molecule has 0 bridgehead atoms. The van der Waals surface area contributed by atoms with Gasteiger partial charge in [0.2, 0.25) is 0 Å². The fraction of sp³-hybridized carbons (Fsp3) is 0.167. The molecular formula is C24H22IN3OS. The molecule has 0 saturated carbocycles. The van der Waals surface area contributed by atoms with Crippen molar-refractivity contribution in [3.8, 4) is 5.69 Å². The zero-order valence-corrected chi connectivity index (χ0v) is 20.3. The van der Waals surface area contributed by atoms with Crippen LogP contribution in [0.1, 0.15) is 28.1 Å². The maximum absolute atomic E-state index is 12.5. The summed E-state index contributed by atoms with van der Waals surface area (Å²) in [5.74, 6) is -0.110. The molecule has 6 heteroatoms. The van der Waals surface area contributed by atoms with Crippen LogP contribution < -0.4 is 5.32 Å². The van der Waals surface area contributed by atoms with E-state index < -0.39 is 0 Å². The molecule has 152 valence electrons. The highest BCUT2D eigenvalue weighted by molar-refractivity contribution is 14.1. The van der Waals surface area contributed by atoms with Gasteiger partial charge >= 0.3 is 0 Å². The van der Waals surface area contributed by atoms with Gasteiger partial charge in [-0.3, -0.25) is 4.79 Å². The summed E-state index contributed by atoms with van der Waals surface area (Å²) >= 11 is 3.73. The standard InChI is InChI=1S/C24H22IN3OS/c1-14-5-7-19(8-6-14)26-24-27-23(29)22(30-24)13-18-12-16(3)28(17(18)4)20-9-10-21(25)15(2)11-20/h5-13H,1-4H3,(H,26,27,29)/b22-13-. The fourth-order valence-corrected chi connectivity index (χ4v) is 4.63. The summed E-state index contributed by atoms with van der Waals surface area (Å²) in [6.45, 7) is 8.34. The summed E-state index contributed by atoms with van der Waals surface area (Å²) < 4.78 is 3.48. The minimum atomic E-state index is -0.110. The van der Waals surface area contributed by atoms with Crippen molar-refractivity contribution >= 4 is 57.2 Å². The third-order valence-electron chi connectivity index (χ3n) is 5.07. The number of benzene rings is 2. The van der Waals surface area contributed by atoms with E-state index in [1.165, 1.54) is 26.5 Å². The molecule has 1 aliphatic heterocycles. The van der Waals surface area contributed by atoms with Gasteiger partial charge in [0.05, 0.1) is 10.6 Å². The van der Waals surface area contributed by atoms with E-state index in [4.69, 9.17) is 0 Å². The summed E-state index contributed by atoms with van der Waals surface area (Å²) in [4.78, 5) is 17.7. The number of aromatic nitrogens is 1. The number of rotatable bonds is 3. The monoisotopic (exact) mass is 527 g/mol. The first-order chi connectivity index (χ1) is 14.3. The highest BCUT2D eigenvalue weighted by Crippen LogP contribution is 2.31. The Morgan fingerprint density at radius 1 is 1.03 bits per heavy atom. The number of carbonyl (C=O) groups excluding carboxylic acids is 1. The first-order valence-electron chi connectivity index (χ1n) is 9.63. The van der Waals surface area contributed by atoms with E-state index in [9.17, 15) is 4.79 Å². The maximum atomic E-state index is 12.5. The van der Waals surface area contributed by atoms with Gasteiger partial charge in [-0.2, -0.15) is 0 Å². The second-order valence-corrected chi connectivity index (χ2v) is 9.61. The topological polar surface area (TPSA) is 46.4 Å². The van der Waals surface area contributed by atoms with Crippen LogP contribution in [0.25, 0.3) is 11.8 Å². The number of nitrogens with zero attached hydrogens (tertiary/aromatic N) is 2. The van der Waals surface area contributed by atoms with Crippen molar-refractivity contribution < 1.29 is 4.79 Å². The molecule has 1 saturated heterocycles. The van der Waals surface area contributed by atoms with Crippen LogP contribution in [0.3, 0.4) is 0 Å². The highest BCUT2D eigenvalue weighted by atomic mass is 127. The second kappa shape index (κ2) is 8.43. The van der Waals surface area contributed by atoms with E-state index in [1.54, 1.807) is 0 Å². The predicted octanol–water partition coefficient (Wildman–Crippen LogP) is 6.21. The van der Waals surface area contributed by atoms with Crippen molar-refractivity contribution in [2.45, 2.75) is 27.7 Å². The number of aliphatic imine (C=N–C) groups is 1. The zero-order chi connectivity index (χ0) is 21.4. The van der Waals surface area contributed by atoms with Crippen LogP contribution in [0, 0.1) is 31.3 Å². The van der Waals surface area contributed by atoms with Crippen molar-refractivity contribution in [1.29, 1.82) is 0 Å². The highest BCUT2D eigenvalue weighted by Gasteiger charge is 2.24. The molecule has 4 rings (SSSR count). The molecule has 3 aromatic rings. The smallest absolute Gasteiger partial charge is 0.264 e. The lowest BCUT2D eigenvalue weighted by Gasteiger charge is -2.11. The van der Waals surface area contributed by atoms with Gasteiger partial charge in [-0.15, -0.1) is 0 Å². The lowest BCUT2D eigenvalue weighted by molar-refractivity contribution is -0.115. The molecule has 2 aromatic carbocycles. The summed E-state index contributed by atoms with van der Waals surface area (Å²) in [7, 11) is 0. The Kier molecular flexibility index (Phi) is 5.88. The van der Waals surface area contributed by atoms with Crippen molar-refractivity contribution in [2.75, 3.05) is 0 Å². The number of amidine groups is 1. The van der Waals surface area contributed by atoms with E-state index in [2.05, 4.69) is 82.5 Å². The molecule has 0 aliphatic carbocycles. The lowest BCUT2D eigenvalue weighted by atomic mass is 10.2. The van der Waals surface area contributed by atoms with Crippen LogP contribution in [-0.4, -0.2) is 15.6 Å². The van der Waals surface area contributed by atoms with Gasteiger partial charge in [0, 0.05) is 20.6 Å². The van der Waals surface area contributed by atoms with Gasteiger partial charge in [0.15, 0.2) is 5.17 Å². The number of carbonyl (C=O) groups is 1. The number of aryl methyl sites for hydroxylation is 3. The van der Waals surface area contributed by atoms with Crippen LogP contribution in [0.5, 0.6) is 0 Å². The van der Waals surface area contributed by atoms with E-state index >= 15 is 0 Å². The second-order valence-electron chi connectivity index (χ2n) is 7.41. The first-order valence-corrected chi connectivity index (χ1v) is 11.5. The van der Waals surface area contributed by atoms with Crippen LogP contribution >= 0.6 is 34.4 Å². The number of thioether (sulfide) groups is 1. The molecule has 0 unspecified atom stereocenters. The molecule has 1 aliphatic rings. The lowest BCUT2D eigenvalue weighted by Crippen LogP contribution is -2.19. The minimum absolute atomic E-state index is 0.110. The van der Waals surface area contributed by atoms with Crippen LogP contribution in [0.2, 0.25) is 0 Å². The van der Waals surface area contributed by atoms with Gasteiger partial charge in [0.25, 0.3) is 5.91 Å². The van der Waals surface area contributed by atoms with Gasteiger partial charge in [-0.1, -0.05) is 17.7 Å². The normalized spacial score (nSPS) is 16.5. The average Bonchev–Trinajstić information content (AvgIpc) is 3.18. The van der Waals surface area contributed by atoms with Crippen LogP contribution in [-0.2, 0) is 4.79 Å². The molecule has 30 heavy (non-hydrogen) atoms. The Hall–Kier alpha value is -2.32. The summed E-state index contributed by atoms with van der Waals surface area (Å²) in [5.41, 5.74) is 7.69. The maximum Gasteiger partial charge on any atom is 0.264 e. The number of amides is 1. The third kappa shape index (κ3) is 4.25. The third-order valence-corrected chi connectivity index (χ3v) is 7.19. The largest absolute Gasteiger partial charge is 0.318 e. The van der Waals surface area contributed by atoms with Crippen molar-refractivity contribution in [3.05, 3.63) is 85.1 Å². The number of hydrogen-bond donors (Lipinski definition) is 1. The zero-order valence-electron chi connectivity index (χ0n) is 17.3. The van der Waals surface area contributed by atoms with Gasteiger partial charge in [-0.05, 0) is 116 Å². The molecule has 0 atom stereocenters. The molecule has 1 fully saturated rings. The predicted molar refractivity (Wildman–Crippen MR) is 135 cm³/mol. The number of halogens is 1. The summed E-state index contributed by atoms with van der Waals surface area (Å²) in [5, 5.41) is 3.48. The fourth-order valence-electron chi connectivity index (χ4n) is 3.46. The van der Waals surface area contributed by atoms with E-state index in [-0.39, 0.29) is 5.91 Å². The Balaban J connectivity index is 1.64. The molecule has 1 aromatic heterocycles. The quantitative estimate of drug-likeness (QED) is 0.326. The average molecular weight is 527 g/mol. The van der Waals surface area contributed by atoms with Crippen LogP contribution in [0.4, 0.5) is 5.69 Å². The molecule has 1 N–H and O–H groups in total. The Morgan fingerprint density at radius 2 is 1.77 bits per heavy atom. The van der Waals surface area contributed by atoms with Gasteiger partial charge in [0.1, 0.15) is 0 Å². The number of nitrogens with one attached hydrogen (secondary N) is 1. The molecule has 0 radical (unpaired) electrons. The van der Waals surface area contributed by atoms with E-state index in [0.29, 0.717) is 10.1 Å².